The summed E-state index contributed by atoms with van der Waals surface area (Å²) in [5.74, 6) is -1.85. The van der Waals surface area contributed by atoms with E-state index < -0.39 is 52.3 Å². The Labute approximate surface area is 320 Å². The smallest absolute Gasteiger partial charge is 0.411 e. The molecule has 12 nitrogen and oxygen atoms in total. The Morgan fingerprint density at radius 3 is 2.24 bits per heavy atom. The minimum Gasteiger partial charge on any atom is -0.465 e. The lowest BCUT2D eigenvalue weighted by molar-refractivity contribution is -0.127. The highest BCUT2D eigenvalue weighted by Gasteiger charge is 2.31. The number of halogens is 4. The molecule has 0 aliphatic carbocycles. The molecule has 2 aromatic heterocycles. The molecule has 0 aliphatic rings. The number of carbonyl (C=O) groups is 2. The molecule has 0 unspecified atom stereocenters. The first-order valence-corrected chi connectivity index (χ1v) is 25.2. The zero-order valence-corrected chi connectivity index (χ0v) is 34.5. The molecule has 55 heavy (non-hydrogen) atoms. The van der Waals surface area contributed by atoms with Crippen molar-refractivity contribution in [2.45, 2.75) is 77.2 Å². The van der Waals surface area contributed by atoms with E-state index in [2.05, 4.69) is 60.0 Å². The Morgan fingerprint density at radius 1 is 0.964 bits per heavy atom. The van der Waals surface area contributed by atoms with Crippen molar-refractivity contribution in [3.63, 3.8) is 0 Å². The van der Waals surface area contributed by atoms with Crippen molar-refractivity contribution in [2.75, 3.05) is 44.3 Å². The van der Waals surface area contributed by atoms with Crippen LogP contribution in [0.4, 0.5) is 33.9 Å². The van der Waals surface area contributed by atoms with Crippen molar-refractivity contribution < 1.29 is 46.5 Å². The van der Waals surface area contributed by atoms with Crippen LogP contribution >= 0.6 is 0 Å². The number of nitrogens with one attached hydrogen (secondary N) is 2. The van der Waals surface area contributed by atoms with Gasteiger partial charge < -0.3 is 30.0 Å². The second-order valence-electron chi connectivity index (χ2n) is 15.6. The predicted octanol–water partition coefficient (Wildman–Crippen LogP) is 8.43. The molecule has 0 spiro atoms. The van der Waals surface area contributed by atoms with E-state index in [1.54, 1.807) is 24.3 Å². The zero-order chi connectivity index (χ0) is 40.7. The first kappa shape index (κ1) is 43.2. The highest BCUT2D eigenvalue weighted by molar-refractivity contribution is 6.76. The second kappa shape index (κ2) is 18.0. The molecule has 4 aromatic rings. The van der Waals surface area contributed by atoms with E-state index in [-0.39, 0.29) is 59.3 Å². The minimum atomic E-state index is -4.68. The number of nitrogens with zero attached hydrogens (tertiary/aromatic N) is 4. The number of aromatic nitrogens is 3. The predicted molar refractivity (Wildman–Crippen MR) is 210 cm³/mol. The van der Waals surface area contributed by atoms with Crippen molar-refractivity contribution in [3.05, 3.63) is 65.1 Å². The summed E-state index contributed by atoms with van der Waals surface area (Å²) < 4.78 is 76.3. The van der Waals surface area contributed by atoms with Crippen LogP contribution in [0.2, 0.25) is 51.4 Å². The van der Waals surface area contributed by atoms with Crippen LogP contribution in [0.5, 0.6) is 5.75 Å². The molecule has 0 fully saturated rings. The maximum Gasteiger partial charge on any atom is 0.411 e. The Bertz CT molecular complexity index is 1980. The number of fused-ring (bicyclic) bond motifs is 1. The van der Waals surface area contributed by atoms with E-state index in [0.717, 1.165) is 29.1 Å². The molecule has 3 N–H and O–H groups in total. The first-order chi connectivity index (χ1) is 25.7. The Kier molecular flexibility index (Phi) is 14.1. The molecule has 4 rings (SSSR count). The summed E-state index contributed by atoms with van der Waals surface area (Å²) in [7, 11) is -0.0785. The van der Waals surface area contributed by atoms with E-state index in [9.17, 15) is 27.9 Å². The number of anilines is 2. The van der Waals surface area contributed by atoms with Gasteiger partial charge in [0.25, 0.3) is 5.91 Å². The van der Waals surface area contributed by atoms with Gasteiger partial charge in [0.05, 0.1) is 28.7 Å². The average molecular weight is 807 g/mol. The number of hydrogen-bond donors (Lipinski definition) is 3. The number of ether oxygens (including phenoxy) is 3. The van der Waals surface area contributed by atoms with Gasteiger partial charge in [-0.25, -0.2) is 18.9 Å². The highest BCUT2D eigenvalue weighted by Crippen LogP contribution is 2.37. The number of rotatable bonds is 18. The number of carboxylic acid groups (broad SMARTS) is 1. The fourth-order valence-corrected chi connectivity index (χ4v) is 7.00. The maximum atomic E-state index is 15.7. The van der Waals surface area contributed by atoms with Gasteiger partial charge in [-0.05, 0) is 47.5 Å². The normalized spacial score (nSPS) is 12.2. The summed E-state index contributed by atoms with van der Waals surface area (Å²) in [4.78, 5) is 30.8. The van der Waals surface area contributed by atoms with Crippen LogP contribution < -0.4 is 20.3 Å². The largest absolute Gasteiger partial charge is 0.465 e. The summed E-state index contributed by atoms with van der Waals surface area (Å²) in [6.07, 6.45) is -7.30. The van der Waals surface area contributed by atoms with Crippen molar-refractivity contribution in [3.8, 4) is 17.0 Å². The topological polar surface area (TPSA) is 140 Å². The third kappa shape index (κ3) is 12.2. The van der Waals surface area contributed by atoms with E-state index in [1.165, 1.54) is 24.8 Å². The molecule has 0 radical (unpaired) electrons. The van der Waals surface area contributed by atoms with Crippen LogP contribution in [0, 0.1) is 5.82 Å². The van der Waals surface area contributed by atoms with Gasteiger partial charge >= 0.3 is 12.3 Å². The number of alkyl halides is 3. The molecule has 0 atom stereocenters. The first-order valence-electron chi connectivity index (χ1n) is 17.8. The van der Waals surface area contributed by atoms with Gasteiger partial charge in [-0.2, -0.15) is 18.3 Å². The van der Waals surface area contributed by atoms with Gasteiger partial charge in [0.2, 0.25) is 0 Å². The van der Waals surface area contributed by atoms with Crippen molar-refractivity contribution >= 4 is 50.6 Å². The van der Waals surface area contributed by atoms with E-state index in [4.69, 9.17) is 14.2 Å². The van der Waals surface area contributed by atoms with Gasteiger partial charge in [-0.3, -0.25) is 9.69 Å². The minimum absolute atomic E-state index is 0.0152. The molecule has 0 aliphatic heterocycles. The lowest BCUT2D eigenvalue weighted by Crippen LogP contribution is -2.25. The summed E-state index contributed by atoms with van der Waals surface area (Å²) >= 11 is 0. The molecular formula is C37H50F4N6O6Si2. The second-order valence-corrected chi connectivity index (χ2v) is 26.8. The summed E-state index contributed by atoms with van der Waals surface area (Å²) in [6, 6.07) is 11.8. The van der Waals surface area contributed by atoms with Crippen LogP contribution in [0.15, 0.2) is 42.5 Å². The lowest BCUT2D eigenvalue weighted by atomic mass is 9.99. The molecular weight excluding hydrogens is 757 g/mol. The van der Waals surface area contributed by atoms with Crippen molar-refractivity contribution in [1.82, 2.24) is 20.1 Å². The number of amides is 2. The molecule has 18 heteroatoms. The fourth-order valence-electron chi connectivity index (χ4n) is 5.48. The summed E-state index contributed by atoms with van der Waals surface area (Å²) in [5.41, 5.74) is 0.630. The quantitative estimate of drug-likeness (QED) is 0.0391. The summed E-state index contributed by atoms with van der Waals surface area (Å²) in [5, 5.41) is 20.1. The van der Waals surface area contributed by atoms with Crippen molar-refractivity contribution in [1.29, 1.82) is 0 Å². The summed E-state index contributed by atoms with van der Waals surface area (Å²) in [6.45, 7) is 13.4. The van der Waals surface area contributed by atoms with Crippen LogP contribution in [-0.4, -0.2) is 88.3 Å². The monoisotopic (exact) mass is 806 g/mol. The molecule has 2 aromatic carbocycles. The Balaban J connectivity index is 1.87. The molecule has 0 saturated carbocycles. The number of para-hydroxylation sites is 1. The molecule has 2 amide bonds. The number of pyridine rings is 1. The molecule has 0 saturated heterocycles. The van der Waals surface area contributed by atoms with Crippen LogP contribution in [-0.2, 0) is 29.2 Å². The average Bonchev–Trinajstić information content (AvgIpc) is 3.46. The van der Waals surface area contributed by atoms with Gasteiger partial charge in [0.1, 0.15) is 12.5 Å². The molecule has 300 valence electrons. The zero-order valence-electron chi connectivity index (χ0n) is 32.5. The molecule has 2 heterocycles. The van der Waals surface area contributed by atoms with Gasteiger partial charge in [0.15, 0.2) is 24.1 Å². The third-order valence-corrected chi connectivity index (χ3v) is 12.0. The standard InChI is InChI=1S/C37H50F4N6O6Si2/c1-42-35(48)33-32-30(47(45-33)22-51-13-15-54(3,4)5)19-28(44-34(32)43-21-24-11-9-10-12-29(24)46(2)36(49)50)26-18-27(38)31(17-25(26)20-37(39,40)41)53-23-52-14-16-55(6,7)8/h9-12,17-19H,13-16,20-23H2,1-8H3,(H,42,48)(H,43,44)(H,49,50). The lowest BCUT2D eigenvalue weighted by Gasteiger charge is -2.19. The van der Waals surface area contributed by atoms with E-state index in [0.29, 0.717) is 24.5 Å². The Hall–Kier alpha value is -4.53. The maximum absolute atomic E-state index is 15.7. The molecule has 0 bridgehead atoms. The Morgan fingerprint density at radius 2 is 1.62 bits per heavy atom. The van der Waals surface area contributed by atoms with Gasteiger partial charge in [-0.1, -0.05) is 57.5 Å². The number of benzene rings is 2. The van der Waals surface area contributed by atoms with Gasteiger partial charge in [0, 0.05) is 55.6 Å². The third-order valence-electron chi connectivity index (χ3n) is 8.59. The highest BCUT2D eigenvalue weighted by atomic mass is 28.3. The van der Waals surface area contributed by atoms with E-state index >= 15 is 4.39 Å². The van der Waals surface area contributed by atoms with Crippen LogP contribution in [0.1, 0.15) is 21.6 Å². The SMILES string of the molecule is CNC(=O)c1nn(COCC[Si](C)(C)C)c2cc(-c3cc(F)c(OCOCC[Si](C)(C)C)cc3CC(F)(F)F)nc(NCc3ccccc3N(C)C(=O)O)c12. The van der Waals surface area contributed by atoms with E-state index in [1.807, 2.05) is 0 Å². The van der Waals surface area contributed by atoms with Crippen LogP contribution in [0.25, 0.3) is 22.2 Å². The van der Waals surface area contributed by atoms with Gasteiger partial charge in [-0.15, -0.1) is 0 Å². The number of hydrogen-bond acceptors (Lipinski definition) is 8. The fraction of sp³-hybridized carbons (Fsp3) is 0.459. The van der Waals surface area contributed by atoms with Crippen molar-refractivity contribution in [2.24, 2.45) is 0 Å². The van der Waals surface area contributed by atoms with Crippen LogP contribution in [0.3, 0.4) is 0 Å². The number of carbonyl (C=O) groups excluding carboxylic acids is 1.